The lowest BCUT2D eigenvalue weighted by Gasteiger charge is -2.32. The number of amides is 1. The van der Waals surface area contributed by atoms with Crippen molar-refractivity contribution in [1.82, 2.24) is 4.90 Å². The van der Waals surface area contributed by atoms with E-state index in [1.54, 1.807) is 0 Å². The fourth-order valence-electron chi connectivity index (χ4n) is 1.98. The molecule has 1 aliphatic rings. The van der Waals surface area contributed by atoms with Crippen molar-refractivity contribution >= 4 is 6.09 Å². The molecule has 1 N–H and O–H groups in total. The third-order valence-electron chi connectivity index (χ3n) is 2.64. The van der Waals surface area contributed by atoms with Gasteiger partial charge < -0.3 is 5.11 Å². The Morgan fingerprint density at radius 1 is 1.77 bits per heavy atom. The second kappa shape index (κ2) is 3.25. The van der Waals surface area contributed by atoms with E-state index in [-0.39, 0.29) is 11.6 Å². The lowest BCUT2D eigenvalue weighted by molar-refractivity contribution is 0.0969. The lowest BCUT2D eigenvalue weighted by atomic mass is 10.0. The van der Waals surface area contributed by atoms with Crippen LogP contribution in [0.1, 0.15) is 33.1 Å². The Balaban J connectivity index is 2.81. The van der Waals surface area contributed by atoms with Crippen LogP contribution >= 0.6 is 0 Å². The van der Waals surface area contributed by atoms with Crippen molar-refractivity contribution in [3.8, 4) is 6.07 Å². The summed E-state index contributed by atoms with van der Waals surface area (Å²) in [5, 5.41) is 17.5. The molecule has 1 amide bonds. The van der Waals surface area contributed by atoms with E-state index in [1.165, 1.54) is 4.90 Å². The molecule has 0 bridgehead atoms. The van der Waals surface area contributed by atoms with Gasteiger partial charge in [0.2, 0.25) is 0 Å². The number of likely N-dealkylation sites (tertiary alicyclic amines) is 1. The van der Waals surface area contributed by atoms with Crippen molar-refractivity contribution in [3.05, 3.63) is 0 Å². The summed E-state index contributed by atoms with van der Waals surface area (Å²) in [6.07, 6.45) is 1.02. The maximum Gasteiger partial charge on any atom is 0.408 e. The molecule has 0 spiro atoms. The maximum absolute atomic E-state index is 10.9. The molecule has 1 rings (SSSR count). The minimum absolute atomic E-state index is 0.113. The van der Waals surface area contributed by atoms with Crippen LogP contribution in [0.15, 0.2) is 0 Å². The molecule has 4 heteroatoms. The Kier molecular flexibility index (Phi) is 2.46. The molecular weight excluding hydrogens is 168 g/mol. The number of carboxylic acid groups (broad SMARTS) is 1. The zero-order chi connectivity index (χ0) is 10.1. The van der Waals surface area contributed by atoms with Crippen LogP contribution in [0.4, 0.5) is 4.79 Å². The number of hydrogen-bond acceptors (Lipinski definition) is 2. The highest BCUT2D eigenvalue weighted by Gasteiger charge is 2.42. The fraction of sp³-hybridized carbons (Fsp3) is 0.778. The van der Waals surface area contributed by atoms with E-state index in [9.17, 15) is 4.79 Å². The SMILES string of the molecule is CC1(C)CCC(CC#N)N1C(=O)O. The Morgan fingerprint density at radius 3 is 2.85 bits per heavy atom. The smallest absolute Gasteiger partial charge is 0.408 e. The van der Waals surface area contributed by atoms with E-state index in [4.69, 9.17) is 10.4 Å². The molecular formula is C9H14N2O2. The minimum Gasteiger partial charge on any atom is -0.465 e. The first-order valence-corrected chi connectivity index (χ1v) is 4.38. The number of hydrogen-bond donors (Lipinski definition) is 1. The van der Waals surface area contributed by atoms with E-state index < -0.39 is 6.09 Å². The van der Waals surface area contributed by atoms with Gasteiger partial charge in [-0.2, -0.15) is 5.26 Å². The summed E-state index contributed by atoms with van der Waals surface area (Å²) in [7, 11) is 0. The molecule has 0 saturated carbocycles. The van der Waals surface area contributed by atoms with E-state index in [0.717, 1.165) is 12.8 Å². The summed E-state index contributed by atoms with van der Waals surface area (Å²) >= 11 is 0. The Hall–Kier alpha value is -1.24. The van der Waals surface area contributed by atoms with Crippen molar-refractivity contribution in [1.29, 1.82) is 5.26 Å². The highest BCUT2D eigenvalue weighted by Crippen LogP contribution is 2.34. The van der Waals surface area contributed by atoms with Crippen LogP contribution < -0.4 is 0 Å². The third-order valence-corrected chi connectivity index (χ3v) is 2.64. The number of carbonyl (C=O) groups is 1. The first kappa shape index (κ1) is 9.85. The molecule has 0 aromatic heterocycles. The van der Waals surface area contributed by atoms with Crippen molar-refractivity contribution in [3.63, 3.8) is 0 Å². The van der Waals surface area contributed by atoms with Gasteiger partial charge in [-0.3, -0.25) is 4.90 Å². The predicted octanol–water partition coefficient (Wildman–Crippen LogP) is 1.82. The second-order valence-electron chi connectivity index (χ2n) is 4.02. The average Bonchev–Trinajstić information content (AvgIpc) is 2.26. The van der Waals surface area contributed by atoms with Crippen LogP contribution in [-0.2, 0) is 0 Å². The standard InChI is InChI=1S/C9H14N2O2/c1-9(2)5-3-7(4-6-10)11(9)8(12)13/h7H,3-5H2,1-2H3,(H,12,13). The largest absolute Gasteiger partial charge is 0.465 e. The number of nitriles is 1. The molecule has 1 atom stereocenters. The van der Waals surface area contributed by atoms with Gasteiger partial charge >= 0.3 is 6.09 Å². The molecule has 0 aromatic rings. The van der Waals surface area contributed by atoms with Crippen LogP contribution in [0, 0.1) is 11.3 Å². The van der Waals surface area contributed by atoms with Gasteiger partial charge in [0.15, 0.2) is 0 Å². The van der Waals surface area contributed by atoms with E-state index in [0.29, 0.717) is 6.42 Å². The van der Waals surface area contributed by atoms with Gasteiger partial charge in [0.25, 0.3) is 0 Å². The van der Waals surface area contributed by atoms with Gasteiger partial charge in [-0.1, -0.05) is 0 Å². The van der Waals surface area contributed by atoms with E-state index in [1.807, 2.05) is 19.9 Å². The van der Waals surface area contributed by atoms with E-state index >= 15 is 0 Å². The summed E-state index contributed by atoms with van der Waals surface area (Å²) in [5.41, 5.74) is -0.312. The van der Waals surface area contributed by atoms with Crippen molar-refractivity contribution in [2.24, 2.45) is 0 Å². The van der Waals surface area contributed by atoms with Crippen LogP contribution in [0.2, 0.25) is 0 Å². The average molecular weight is 182 g/mol. The molecule has 0 aromatic carbocycles. The van der Waals surface area contributed by atoms with Gasteiger partial charge in [0.05, 0.1) is 12.5 Å². The maximum atomic E-state index is 10.9. The van der Waals surface area contributed by atoms with E-state index in [2.05, 4.69) is 0 Å². The highest BCUT2D eigenvalue weighted by molar-refractivity contribution is 5.67. The third kappa shape index (κ3) is 1.74. The molecule has 4 nitrogen and oxygen atoms in total. The summed E-state index contributed by atoms with van der Waals surface area (Å²) in [5.74, 6) is 0. The fourth-order valence-corrected chi connectivity index (χ4v) is 1.98. The Labute approximate surface area is 77.8 Å². The summed E-state index contributed by atoms with van der Waals surface area (Å²) in [6, 6.07) is 1.91. The molecule has 1 unspecified atom stereocenters. The van der Waals surface area contributed by atoms with Crippen molar-refractivity contribution < 1.29 is 9.90 Å². The van der Waals surface area contributed by atoms with Crippen LogP contribution in [0.5, 0.6) is 0 Å². The topological polar surface area (TPSA) is 64.3 Å². The van der Waals surface area contributed by atoms with Gasteiger partial charge in [0.1, 0.15) is 0 Å². The lowest BCUT2D eigenvalue weighted by Crippen LogP contribution is -2.46. The highest BCUT2D eigenvalue weighted by atomic mass is 16.4. The molecule has 0 aliphatic carbocycles. The molecule has 1 heterocycles. The van der Waals surface area contributed by atoms with Gasteiger partial charge in [-0.05, 0) is 26.7 Å². The number of rotatable bonds is 1. The normalized spacial score (nSPS) is 25.6. The van der Waals surface area contributed by atoms with Gasteiger partial charge in [0, 0.05) is 11.6 Å². The number of nitrogens with zero attached hydrogens (tertiary/aromatic N) is 2. The first-order valence-electron chi connectivity index (χ1n) is 4.38. The van der Waals surface area contributed by atoms with Crippen molar-refractivity contribution in [2.45, 2.75) is 44.7 Å². The zero-order valence-corrected chi connectivity index (χ0v) is 7.95. The molecule has 72 valence electrons. The quantitative estimate of drug-likeness (QED) is 0.672. The minimum atomic E-state index is -0.914. The zero-order valence-electron chi connectivity index (χ0n) is 7.95. The predicted molar refractivity (Wildman–Crippen MR) is 47.2 cm³/mol. The first-order chi connectivity index (χ1) is 5.99. The second-order valence-corrected chi connectivity index (χ2v) is 4.02. The summed E-state index contributed by atoms with van der Waals surface area (Å²) < 4.78 is 0. The Morgan fingerprint density at radius 2 is 2.38 bits per heavy atom. The molecule has 1 aliphatic heterocycles. The van der Waals surface area contributed by atoms with Gasteiger partial charge in [-0.15, -0.1) is 0 Å². The Bertz CT molecular complexity index is 255. The monoisotopic (exact) mass is 182 g/mol. The molecule has 1 saturated heterocycles. The van der Waals surface area contributed by atoms with Crippen molar-refractivity contribution in [2.75, 3.05) is 0 Å². The van der Waals surface area contributed by atoms with Crippen LogP contribution in [0.25, 0.3) is 0 Å². The molecule has 13 heavy (non-hydrogen) atoms. The molecule has 0 radical (unpaired) electrons. The van der Waals surface area contributed by atoms with Crippen LogP contribution in [-0.4, -0.2) is 27.7 Å². The van der Waals surface area contributed by atoms with Gasteiger partial charge in [-0.25, -0.2) is 4.79 Å². The molecule has 1 fully saturated rings. The summed E-state index contributed by atoms with van der Waals surface area (Å²) in [6.45, 7) is 3.80. The summed E-state index contributed by atoms with van der Waals surface area (Å²) in [4.78, 5) is 12.3. The van der Waals surface area contributed by atoms with Crippen LogP contribution in [0.3, 0.4) is 0 Å².